The number of aliphatic imine (C=N–C) groups is 1. The maximum Gasteiger partial charge on any atom is 0.244 e. The van der Waals surface area contributed by atoms with E-state index >= 15 is 0 Å². The zero-order valence-electron chi connectivity index (χ0n) is 15.4. The van der Waals surface area contributed by atoms with Crippen molar-refractivity contribution in [3.8, 4) is 0 Å². The Kier molecular flexibility index (Phi) is 5.94. The number of guanidine groups is 1. The Morgan fingerprint density at radius 1 is 1.28 bits per heavy atom. The van der Waals surface area contributed by atoms with Crippen molar-refractivity contribution >= 4 is 11.9 Å². The van der Waals surface area contributed by atoms with Crippen molar-refractivity contribution in [2.45, 2.75) is 39.2 Å². The molecule has 1 aromatic rings. The molecule has 0 radical (unpaired) electrons. The lowest BCUT2D eigenvalue weighted by molar-refractivity contribution is -0.128. The summed E-state index contributed by atoms with van der Waals surface area (Å²) >= 11 is 0. The number of nitrogens with one attached hydrogen (secondary N) is 1. The number of hydrogen-bond acceptors (Lipinski definition) is 3. The molecule has 2 aliphatic heterocycles. The molecule has 3 heterocycles. The lowest BCUT2D eigenvalue weighted by Gasteiger charge is -2.39. The number of amides is 1. The van der Waals surface area contributed by atoms with E-state index in [9.17, 15) is 4.79 Å². The molecule has 2 unspecified atom stereocenters. The lowest BCUT2D eigenvalue weighted by Crippen LogP contribution is -2.49. The number of carbonyl (C=O) groups excluding carboxylic acids is 1. The van der Waals surface area contributed by atoms with E-state index in [4.69, 9.17) is 0 Å². The smallest absolute Gasteiger partial charge is 0.244 e. The molecule has 2 saturated heterocycles. The van der Waals surface area contributed by atoms with Crippen molar-refractivity contribution in [1.82, 2.24) is 24.7 Å². The lowest BCUT2D eigenvalue weighted by atomic mass is 9.93. The number of aromatic nitrogens is 2. The van der Waals surface area contributed by atoms with Crippen molar-refractivity contribution in [2.75, 3.05) is 39.3 Å². The van der Waals surface area contributed by atoms with Crippen LogP contribution in [0.5, 0.6) is 0 Å². The third-order valence-corrected chi connectivity index (χ3v) is 5.28. The van der Waals surface area contributed by atoms with E-state index in [1.165, 1.54) is 0 Å². The topological polar surface area (TPSA) is 65.8 Å². The maximum atomic E-state index is 12.3. The summed E-state index contributed by atoms with van der Waals surface area (Å²) in [6.45, 7) is 9.03. The van der Waals surface area contributed by atoms with Gasteiger partial charge in [-0.1, -0.05) is 6.92 Å². The average Bonchev–Trinajstić information content (AvgIpc) is 3.32. The van der Waals surface area contributed by atoms with E-state index in [1.54, 1.807) is 0 Å². The van der Waals surface area contributed by atoms with Crippen LogP contribution in [0.3, 0.4) is 0 Å². The fourth-order valence-corrected chi connectivity index (χ4v) is 3.73. The third kappa shape index (κ3) is 4.32. The van der Waals surface area contributed by atoms with Crippen LogP contribution in [0.1, 0.15) is 39.2 Å². The second-order valence-electron chi connectivity index (χ2n) is 7.05. The normalized spacial score (nSPS) is 24.6. The van der Waals surface area contributed by atoms with Crippen LogP contribution < -0.4 is 5.32 Å². The molecule has 3 rings (SSSR count). The quantitative estimate of drug-likeness (QED) is 0.660. The molecule has 0 aromatic carbocycles. The van der Waals surface area contributed by atoms with Gasteiger partial charge in [0.05, 0.1) is 12.4 Å². The summed E-state index contributed by atoms with van der Waals surface area (Å²) in [6.07, 6.45) is 9.10. The van der Waals surface area contributed by atoms with E-state index in [-0.39, 0.29) is 12.5 Å². The number of rotatable bonds is 4. The Morgan fingerprint density at radius 3 is 2.76 bits per heavy atom. The Morgan fingerprint density at radius 2 is 2.08 bits per heavy atom. The predicted molar refractivity (Wildman–Crippen MR) is 98.4 cm³/mol. The van der Waals surface area contributed by atoms with Crippen LogP contribution in [0, 0.1) is 5.92 Å². The molecule has 138 valence electrons. The van der Waals surface area contributed by atoms with E-state index in [1.807, 2.05) is 23.6 Å². The molecule has 0 saturated carbocycles. The van der Waals surface area contributed by atoms with Crippen LogP contribution in [0.2, 0.25) is 0 Å². The van der Waals surface area contributed by atoms with Gasteiger partial charge in [0.1, 0.15) is 6.54 Å². The monoisotopic (exact) mass is 346 g/mol. The SMILES string of the molecule is CCNC(=NCC(=O)N1CCCC1)N1CCC(C)C(n2ccnc2)C1. The molecular formula is C18H30N6O. The standard InChI is InChI=1S/C18H30N6O/c1-3-20-18(21-12-17(25)22-8-4-5-9-22)23-10-6-15(2)16(13-23)24-11-7-19-14-24/h7,11,14-16H,3-6,8-10,12-13H2,1-2H3,(H,20,21). The number of imidazole rings is 1. The molecule has 2 aliphatic rings. The van der Waals surface area contributed by atoms with Gasteiger partial charge in [0, 0.05) is 45.1 Å². The maximum absolute atomic E-state index is 12.3. The molecule has 0 aliphatic carbocycles. The molecule has 0 spiro atoms. The van der Waals surface area contributed by atoms with Gasteiger partial charge in [-0.05, 0) is 32.1 Å². The van der Waals surface area contributed by atoms with Gasteiger partial charge >= 0.3 is 0 Å². The van der Waals surface area contributed by atoms with Gasteiger partial charge in [-0.3, -0.25) is 4.79 Å². The summed E-state index contributed by atoms with van der Waals surface area (Å²) in [5.41, 5.74) is 0. The number of hydrogen-bond donors (Lipinski definition) is 1. The molecule has 1 amide bonds. The molecule has 7 heteroatoms. The van der Waals surface area contributed by atoms with Crippen molar-refractivity contribution < 1.29 is 4.79 Å². The first-order valence-corrected chi connectivity index (χ1v) is 9.47. The summed E-state index contributed by atoms with van der Waals surface area (Å²) in [5, 5.41) is 3.36. The fraction of sp³-hybridized carbons (Fsp3) is 0.722. The number of piperidine rings is 1. The second-order valence-corrected chi connectivity index (χ2v) is 7.05. The van der Waals surface area contributed by atoms with Crippen molar-refractivity contribution in [3.05, 3.63) is 18.7 Å². The predicted octanol–water partition coefficient (Wildman–Crippen LogP) is 1.35. The third-order valence-electron chi connectivity index (χ3n) is 5.28. The van der Waals surface area contributed by atoms with E-state index in [2.05, 4.69) is 38.6 Å². The van der Waals surface area contributed by atoms with Gasteiger partial charge in [0.2, 0.25) is 5.91 Å². The summed E-state index contributed by atoms with van der Waals surface area (Å²) in [4.78, 5) is 25.3. The summed E-state index contributed by atoms with van der Waals surface area (Å²) in [6, 6.07) is 0.384. The van der Waals surface area contributed by atoms with Crippen LogP contribution in [-0.4, -0.2) is 70.5 Å². The van der Waals surface area contributed by atoms with Crippen LogP contribution in [0.25, 0.3) is 0 Å². The first kappa shape index (κ1) is 17.8. The van der Waals surface area contributed by atoms with E-state index in [0.29, 0.717) is 12.0 Å². The molecule has 0 bridgehead atoms. The molecule has 1 N–H and O–H groups in total. The number of carbonyl (C=O) groups is 1. The zero-order chi connectivity index (χ0) is 17.6. The molecule has 2 fully saturated rings. The van der Waals surface area contributed by atoms with Crippen molar-refractivity contribution in [3.63, 3.8) is 0 Å². The fourth-order valence-electron chi connectivity index (χ4n) is 3.73. The zero-order valence-corrected chi connectivity index (χ0v) is 15.4. The highest BCUT2D eigenvalue weighted by Crippen LogP contribution is 2.27. The highest BCUT2D eigenvalue weighted by molar-refractivity contribution is 5.85. The minimum Gasteiger partial charge on any atom is -0.357 e. The highest BCUT2D eigenvalue weighted by Gasteiger charge is 2.29. The number of likely N-dealkylation sites (tertiary alicyclic amines) is 2. The molecule has 1 aromatic heterocycles. The minimum atomic E-state index is 0.143. The van der Waals surface area contributed by atoms with Gasteiger partial charge in [-0.25, -0.2) is 9.98 Å². The first-order chi connectivity index (χ1) is 12.2. The van der Waals surface area contributed by atoms with Gasteiger partial charge in [0.25, 0.3) is 0 Å². The molecule has 7 nitrogen and oxygen atoms in total. The Labute approximate surface area is 150 Å². The molecule has 25 heavy (non-hydrogen) atoms. The average molecular weight is 346 g/mol. The minimum absolute atomic E-state index is 0.143. The molecular weight excluding hydrogens is 316 g/mol. The van der Waals surface area contributed by atoms with Gasteiger partial charge < -0.3 is 19.7 Å². The van der Waals surface area contributed by atoms with Gasteiger partial charge in [-0.15, -0.1) is 0 Å². The largest absolute Gasteiger partial charge is 0.357 e. The van der Waals surface area contributed by atoms with Crippen LogP contribution in [0.4, 0.5) is 0 Å². The van der Waals surface area contributed by atoms with Crippen molar-refractivity contribution in [2.24, 2.45) is 10.9 Å². The molecule has 2 atom stereocenters. The Hall–Kier alpha value is -2.05. The first-order valence-electron chi connectivity index (χ1n) is 9.47. The summed E-state index contributed by atoms with van der Waals surface area (Å²) in [5.74, 6) is 1.59. The summed E-state index contributed by atoms with van der Waals surface area (Å²) < 4.78 is 2.19. The van der Waals surface area contributed by atoms with Gasteiger partial charge in [0.15, 0.2) is 5.96 Å². The Bertz CT molecular complexity index is 578. The van der Waals surface area contributed by atoms with E-state index in [0.717, 1.165) is 57.9 Å². The second kappa shape index (κ2) is 8.36. The summed E-state index contributed by atoms with van der Waals surface area (Å²) in [7, 11) is 0. The Balaban J connectivity index is 1.66. The van der Waals surface area contributed by atoms with Crippen molar-refractivity contribution in [1.29, 1.82) is 0 Å². The van der Waals surface area contributed by atoms with Crippen LogP contribution in [-0.2, 0) is 4.79 Å². The van der Waals surface area contributed by atoms with E-state index < -0.39 is 0 Å². The van der Waals surface area contributed by atoms with Crippen LogP contribution >= 0.6 is 0 Å². The van der Waals surface area contributed by atoms with Crippen LogP contribution in [0.15, 0.2) is 23.7 Å². The highest BCUT2D eigenvalue weighted by atomic mass is 16.2. The van der Waals surface area contributed by atoms with Gasteiger partial charge in [-0.2, -0.15) is 0 Å². The number of nitrogens with zero attached hydrogens (tertiary/aromatic N) is 5.